The Kier molecular flexibility index (Phi) is 6.82. The number of nitriles is 1. The molecule has 0 spiro atoms. The van der Waals surface area contributed by atoms with Gasteiger partial charge in [-0.3, -0.25) is 9.59 Å². The molecule has 9 heteroatoms. The fourth-order valence-corrected chi connectivity index (χ4v) is 3.38. The Bertz CT molecular complexity index is 1000. The molecule has 1 saturated heterocycles. The lowest BCUT2D eigenvalue weighted by atomic mass is 10.1. The largest absolute Gasteiger partial charge is 0.378 e. The van der Waals surface area contributed by atoms with E-state index in [1.165, 1.54) is 4.68 Å². The maximum atomic E-state index is 12.4. The predicted molar refractivity (Wildman–Crippen MR) is 113 cm³/mol. The minimum atomic E-state index is -0.431. The topological polar surface area (TPSA) is 105 Å². The maximum absolute atomic E-state index is 12.4. The third kappa shape index (κ3) is 5.03. The van der Waals surface area contributed by atoms with Crippen molar-refractivity contribution in [2.75, 3.05) is 50.1 Å². The van der Waals surface area contributed by atoms with Crippen LogP contribution in [0.3, 0.4) is 0 Å². The summed E-state index contributed by atoms with van der Waals surface area (Å²) in [7, 11) is 1.80. The van der Waals surface area contributed by atoms with Crippen molar-refractivity contribution in [2.45, 2.75) is 20.5 Å². The number of carbonyl (C=O) groups is 1. The van der Waals surface area contributed by atoms with E-state index in [0.717, 1.165) is 42.6 Å². The summed E-state index contributed by atoms with van der Waals surface area (Å²) in [6.07, 6.45) is 0. The van der Waals surface area contributed by atoms with Gasteiger partial charge in [0.1, 0.15) is 11.6 Å². The molecule has 1 amide bonds. The number of ether oxygens (including phenoxy) is 1. The first-order valence-electron chi connectivity index (χ1n) is 9.91. The van der Waals surface area contributed by atoms with Gasteiger partial charge in [0.05, 0.1) is 26.0 Å². The number of likely N-dealkylation sites (N-methyl/N-ethyl adjacent to an activating group) is 1. The molecule has 1 aliphatic rings. The Balaban J connectivity index is 1.58. The maximum Gasteiger partial charge on any atom is 0.289 e. The lowest BCUT2D eigenvalue weighted by Gasteiger charge is -2.28. The van der Waals surface area contributed by atoms with Crippen LogP contribution in [0.4, 0.5) is 11.4 Å². The van der Waals surface area contributed by atoms with E-state index in [1.54, 1.807) is 20.9 Å². The van der Waals surface area contributed by atoms with Crippen LogP contribution in [-0.4, -0.2) is 55.6 Å². The van der Waals surface area contributed by atoms with Gasteiger partial charge in [-0.25, -0.2) is 0 Å². The number of aromatic nitrogens is 2. The number of hydrogen-bond acceptors (Lipinski definition) is 6. The first kappa shape index (κ1) is 21.5. The number of morpholine rings is 1. The smallest absolute Gasteiger partial charge is 0.289 e. The summed E-state index contributed by atoms with van der Waals surface area (Å²) >= 11 is 0. The second-order valence-corrected chi connectivity index (χ2v) is 7.49. The number of carbonyl (C=O) groups excluding carboxylic acids is 1. The lowest BCUT2D eigenvalue weighted by molar-refractivity contribution is -0.895. The highest BCUT2D eigenvalue weighted by Crippen LogP contribution is 2.18. The number of nitrogens with one attached hydrogen (secondary N) is 2. The molecule has 1 aliphatic heterocycles. The average Bonchev–Trinajstić information content (AvgIpc) is 2.73. The van der Waals surface area contributed by atoms with Crippen LogP contribution in [-0.2, 0) is 16.2 Å². The number of rotatable bonds is 6. The molecule has 1 atom stereocenters. The zero-order chi connectivity index (χ0) is 21.7. The van der Waals surface area contributed by atoms with Gasteiger partial charge in [-0.2, -0.15) is 15.0 Å². The van der Waals surface area contributed by atoms with E-state index in [2.05, 4.69) is 15.3 Å². The van der Waals surface area contributed by atoms with Crippen LogP contribution in [0.1, 0.15) is 16.8 Å². The van der Waals surface area contributed by atoms with E-state index in [1.807, 2.05) is 30.3 Å². The highest BCUT2D eigenvalue weighted by atomic mass is 16.5. The lowest BCUT2D eigenvalue weighted by Crippen LogP contribution is -3.09. The summed E-state index contributed by atoms with van der Waals surface area (Å²) in [4.78, 5) is 27.8. The number of nitrogens with zero attached hydrogens (tertiary/aromatic N) is 4. The van der Waals surface area contributed by atoms with E-state index in [-0.39, 0.29) is 24.7 Å². The highest BCUT2D eigenvalue weighted by Gasteiger charge is 2.16. The molecule has 2 aromatic rings. The van der Waals surface area contributed by atoms with Gasteiger partial charge >= 0.3 is 0 Å². The van der Waals surface area contributed by atoms with Gasteiger partial charge in [-0.05, 0) is 43.7 Å². The van der Waals surface area contributed by atoms with Crippen molar-refractivity contribution in [1.29, 1.82) is 5.26 Å². The Morgan fingerprint density at radius 1 is 1.27 bits per heavy atom. The molecular weight excluding hydrogens is 384 g/mol. The Hall–Kier alpha value is -3.22. The van der Waals surface area contributed by atoms with Crippen LogP contribution in [0.25, 0.3) is 0 Å². The van der Waals surface area contributed by atoms with Crippen molar-refractivity contribution in [3.8, 4) is 6.07 Å². The fourth-order valence-electron chi connectivity index (χ4n) is 3.38. The van der Waals surface area contributed by atoms with Gasteiger partial charge < -0.3 is 19.9 Å². The van der Waals surface area contributed by atoms with Crippen LogP contribution in [0.5, 0.6) is 0 Å². The molecule has 2 heterocycles. The molecule has 30 heavy (non-hydrogen) atoms. The molecule has 0 radical (unpaired) electrons. The zero-order valence-corrected chi connectivity index (χ0v) is 17.6. The molecule has 3 rings (SSSR count). The van der Waals surface area contributed by atoms with Crippen LogP contribution < -0.4 is 20.7 Å². The summed E-state index contributed by atoms with van der Waals surface area (Å²) in [5.74, 6) is -0.163. The highest BCUT2D eigenvalue weighted by molar-refractivity contribution is 5.91. The third-order valence-corrected chi connectivity index (χ3v) is 5.16. The fraction of sp³-hybridized carbons (Fsp3) is 0.429. The van der Waals surface area contributed by atoms with Crippen LogP contribution in [0.15, 0.2) is 29.1 Å². The third-order valence-electron chi connectivity index (χ3n) is 5.16. The molecular formula is C21H27N6O3+. The summed E-state index contributed by atoms with van der Waals surface area (Å²) in [6, 6.07) is 9.68. The van der Waals surface area contributed by atoms with Crippen molar-refractivity contribution in [3.05, 3.63) is 51.4 Å². The summed E-state index contributed by atoms with van der Waals surface area (Å²) in [6.45, 7) is 6.99. The number of quaternary nitrogens is 1. The molecule has 158 valence electrons. The molecule has 0 saturated carbocycles. The molecule has 2 N–H and O–H groups in total. The number of hydrogen-bond donors (Lipinski definition) is 2. The zero-order valence-electron chi connectivity index (χ0n) is 17.6. The minimum Gasteiger partial charge on any atom is -0.378 e. The van der Waals surface area contributed by atoms with Gasteiger partial charge in [0, 0.05) is 24.5 Å². The van der Waals surface area contributed by atoms with Gasteiger partial charge in [0.25, 0.3) is 11.5 Å². The molecule has 1 unspecified atom stereocenters. The first-order chi connectivity index (χ1) is 14.4. The van der Waals surface area contributed by atoms with Crippen LogP contribution >= 0.6 is 0 Å². The molecule has 1 fully saturated rings. The van der Waals surface area contributed by atoms with Crippen molar-refractivity contribution in [2.24, 2.45) is 0 Å². The molecule has 0 bridgehead atoms. The van der Waals surface area contributed by atoms with Crippen LogP contribution in [0.2, 0.25) is 0 Å². The second-order valence-electron chi connectivity index (χ2n) is 7.49. The Labute approximate surface area is 175 Å². The van der Waals surface area contributed by atoms with Crippen molar-refractivity contribution < 1.29 is 14.4 Å². The molecule has 1 aromatic carbocycles. The van der Waals surface area contributed by atoms with E-state index in [9.17, 15) is 14.9 Å². The van der Waals surface area contributed by atoms with Gasteiger partial charge in [-0.1, -0.05) is 0 Å². The van der Waals surface area contributed by atoms with Crippen molar-refractivity contribution in [3.63, 3.8) is 0 Å². The van der Waals surface area contributed by atoms with Gasteiger partial charge in [0.2, 0.25) is 0 Å². The van der Waals surface area contributed by atoms with Gasteiger partial charge in [0.15, 0.2) is 13.2 Å². The van der Waals surface area contributed by atoms with E-state index in [4.69, 9.17) is 4.74 Å². The SMILES string of the molecule is Cc1nn(C[NH+](C)CC(=O)Nc2ccc(N3CCOCC3)cc2)c(=O)c(C#N)c1C. The summed E-state index contributed by atoms with van der Waals surface area (Å²) in [5.41, 5.74) is 2.71. The van der Waals surface area contributed by atoms with E-state index in [0.29, 0.717) is 11.3 Å². The Morgan fingerprint density at radius 3 is 2.57 bits per heavy atom. The standard InChI is InChI=1S/C21H26N6O3/c1-15-16(2)24-27(21(29)19(15)12-22)14-25(3)13-20(28)23-17-4-6-18(7-5-17)26-8-10-30-11-9-26/h4-7H,8-11,13-14H2,1-3H3,(H,23,28)/p+1. The molecule has 0 aliphatic carbocycles. The summed E-state index contributed by atoms with van der Waals surface area (Å²) in [5, 5.41) is 16.4. The van der Waals surface area contributed by atoms with Crippen molar-refractivity contribution in [1.82, 2.24) is 9.78 Å². The number of amides is 1. The monoisotopic (exact) mass is 411 g/mol. The summed E-state index contributed by atoms with van der Waals surface area (Å²) < 4.78 is 6.62. The quantitative estimate of drug-likeness (QED) is 0.675. The normalized spacial score (nSPS) is 14.8. The molecule has 1 aromatic heterocycles. The Morgan fingerprint density at radius 2 is 1.93 bits per heavy atom. The van der Waals surface area contributed by atoms with Crippen molar-refractivity contribution >= 4 is 17.3 Å². The number of aryl methyl sites for hydroxylation is 1. The van der Waals surface area contributed by atoms with E-state index < -0.39 is 5.56 Å². The second kappa shape index (κ2) is 9.52. The number of anilines is 2. The van der Waals surface area contributed by atoms with Crippen LogP contribution in [0, 0.1) is 25.2 Å². The predicted octanol–water partition coefficient (Wildman–Crippen LogP) is -0.321. The van der Waals surface area contributed by atoms with E-state index >= 15 is 0 Å². The number of benzene rings is 1. The molecule has 9 nitrogen and oxygen atoms in total. The minimum absolute atomic E-state index is 0.0973. The first-order valence-corrected chi connectivity index (χ1v) is 9.91. The van der Waals surface area contributed by atoms with Gasteiger partial charge in [-0.15, -0.1) is 0 Å². The average molecular weight is 411 g/mol.